The topological polar surface area (TPSA) is 72.5 Å². The Morgan fingerprint density at radius 1 is 1.43 bits per heavy atom. The number of nitrogens with two attached hydrogens (primary N) is 1. The molecule has 1 aliphatic rings. The molecule has 0 amide bonds. The first kappa shape index (κ1) is 11.5. The van der Waals surface area contributed by atoms with Crippen LogP contribution in [0.4, 0.5) is 0 Å². The first-order valence-corrected chi connectivity index (χ1v) is 5.30. The molecule has 0 aromatic carbocycles. The Balaban J connectivity index is 2.05. The summed E-state index contributed by atoms with van der Waals surface area (Å²) in [6.07, 6.45) is 6.74. The van der Waals surface area contributed by atoms with Crippen molar-refractivity contribution in [2.45, 2.75) is 50.7 Å². The predicted molar refractivity (Wildman–Crippen MR) is 53.1 cm³/mol. The number of hydrogen-bond acceptors (Lipinski definition) is 3. The third-order valence-electron chi connectivity index (χ3n) is 2.65. The molecule has 3 N–H and O–H groups in total. The SMILES string of the molecule is N[C@@H](CCOC1CCCCC1)C(=O)O. The lowest BCUT2D eigenvalue weighted by atomic mass is 9.98. The van der Waals surface area contributed by atoms with Gasteiger partial charge in [-0.25, -0.2) is 0 Å². The Morgan fingerprint density at radius 3 is 2.64 bits per heavy atom. The van der Waals surface area contributed by atoms with Gasteiger partial charge >= 0.3 is 5.97 Å². The molecule has 4 heteroatoms. The molecule has 0 spiro atoms. The molecule has 1 fully saturated rings. The maximum Gasteiger partial charge on any atom is 0.320 e. The smallest absolute Gasteiger partial charge is 0.320 e. The minimum absolute atomic E-state index is 0.338. The van der Waals surface area contributed by atoms with E-state index in [4.69, 9.17) is 15.6 Å². The second-order valence-corrected chi connectivity index (χ2v) is 3.86. The van der Waals surface area contributed by atoms with Crippen molar-refractivity contribution in [3.63, 3.8) is 0 Å². The highest BCUT2D eigenvalue weighted by molar-refractivity contribution is 5.72. The van der Waals surface area contributed by atoms with Gasteiger partial charge in [0.25, 0.3) is 0 Å². The summed E-state index contributed by atoms with van der Waals surface area (Å²) >= 11 is 0. The Morgan fingerprint density at radius 2 is 2.07 bits per heavy atom. The Hall–Kier alpha value is -0.610. The molecular formula is C10H19NO3. The normalized spacial score (nSPS) is 20.6. The molecule has 4 nitrogen and oxygen atoms in total. The lowest BCUT2D eigenvalue weighted by molar-refractivity contribution is -0.139. The van der Waals surface area contributed by atoms with Gasteiger partial charge in [0.2, 0.25) is 0 Å². The van der Waals surface area contributed by atoms with E-state index < -0.39 is 12.0 Å². The number of carboxylic acid groups (broad SMARTS) is 1. The molecule has 1 aliphatic carbocycles. The van der Waals surface area contributed by atoms with Crippen LogP contribution in [-0.4, -0.2) is 29.8 Å². The zero-order valence-corrected chi connectivity index (χ0v) is 8.45. The van der Waals surface area contributed by atoms with E-state index in [-0.39, 0.29) is 0 Å². The van der Waals surface area contributed by atoms with Gasteiger partial charge in [0, 0.05) is 6.61 Å². The van der Waals surface area contributed by atoms with Crippen molar-refractivity contribution >= 4 is 5.97 Å². The number of hydrogen-bond donors (Lipinski definition) is 2. The van der Waals surface area contributed by atoms with E-state index in [1.165, 1.54) is 19.3 Å². The van der Waals surface area contributed by atoms with Gasteiger partial charge in [-0.15, -0.1) is 0 Å². The van der Waals surface area contributed by atoms with Crippen LogP contribution >= 0.6 is 0 Å². The van der Waals surface area contributed by atoms with Gasteiger partial charge < -0.3 is 15.6 Å². The zero-order chi connectivity index (χ0) is 10.4. The van der Waals surface area contributed by atoms with Gasteiger partial charge in [0.1, 0.15) is 6.04 Å². The van der Waals surface area contributed by atoms with Gasteiger partial charge in [-0.3, -0.25) is 4.79 Å². The van der Waals surface area contributed by atoms with Gasteiger partial charge in [-0.2, -0.15) is 0 Å². The van der Waals surface area contributed by atoms with Crippen LogP contribution in [0.5, 0.6) is 0 Å². The molecular weight excluding hydrogens is 182 g/mol. The van der Waals surface area contributed by atoms with Crippen LogP contribution < -0.4 is 5.73 Å². The maximum atomic E-state index is 10.4. The summed E-state index contributed by atoms with van der Waals surface area (Å²) in [5, 5.41) is 8.54. The van der Waals surface area contributed by atoms with E-state index in [9.17, 15) is 4.79 Å². The van der Waals surface area contributed by atoms with Crippen molar-refractivity contribution in [3.05, 3.63) is 0 Å². The van der Waals surface area contributed by atoms with Gasteiger partial charge in [0.15, 0.2) is 0 Å². The Bertz CT molecular complexity index is 178. The monoisotopic (exact) mass is 201 g/mol. The highest BCUT2D eigenvalue weighted by atomic mass is 16.5. The van der Waals surface area contributed by atoms with E-state index in [2.05, 4.69) is 0 Å². The maximum absolute atomic E-state index is 10.4. The molecule has 0 saturated heterocycles. The van der Waals surface area contributed by atoms with Crippen molar-refractivity contribution in [2.75, 3.05) is 6.61 Å². The quantitative estimate of drug-likeness (QED) is 0.699. The number of carbonyl (C=O) groups is 1. The van der Waals surface area contributed by atoms with E-state index in [1.807, 2.05) is 0 Å². The van der Waals surface area contributed by atoms with Gasteiger partial charge in [0.05, 0.1) is 6.10 Å². The molecule has 0 bridgehead atoms. The molecule has 0 aromatic heterocycles. The summed E-state index contributed by atoms with van der Waals surface area (Å²) < 4.78 is 5.56. The van der Waals surface area contributed by atoms with Crippen LogP contribution in [0.1, 0.15) is 38.5 Å². The molecule has 1 rings (SSSR count). The molecule has 14 heavy (non-hydrogen) atoms. The summed E-state index contributed by atoms with van der Waals surface area (Å²) in [7, 11) is 0. The molecule has 1 saturated carbocycles. The van der Waals surface area contributed by atoms with Gasteiger partial charge in [-0.05, 0) is 19.3 Å². The largest absolute Gasteiger partial charge is 0.480 e. The summed E-state index contributed by atoms with van der Waals surface area (Å²) in [6, 6.07) is -0.779. The molecule has 0 radical (unpaired) electrons. The van der Waals surface area contributed by atoms with Crippen LogP contribution in [-0.2, 0) is 9.53 Å². The van der Waals surface area contributed by atoms with E-state index in [0.29, 0.717) is 19.1 Å². The van der Waals surface area contributed by atoms with E-state index >= 15 is 0 Å². The molecule has 0 aromatic rings. The Kier molecular flexibility index (Phi) is 4.90. The first-order valence-electron chi connectivity index (χ1n) is 5.30. The van der Waals surface area contributed by atoms with Crippen LogP contribution in [0.25, 0.3) is 0 Å². The third kappa shape index (κ3) is 4.07. The number of carboxylic acids is 1. The van der Waals surface area contributed by atoms with Crippen molar-refractivity contribution in [2.24, 2.45) is 5.73 Å². The zero-order valence-electron chi connectivity index (χ0n) is 8.45. The summed E-state index contributed by atoms with van der Waals surface area (Å²) in [6.45, 7) is 0.470. The summed E-state index contributed by atoms with van der Waals surface area (Å²) in [5.74, 6) is -0.947. The van der Waals surface area contributed by atoms with Gasteiger partial charge in [-0.1, -0.05) is 19.3 Å². The second-order valence-electron chi connectivity index (χ2n) is 3.86. The average molecular weight is 201 g/mol. The van der Waals surface area contributed by atoms with E-state index in [0.717, 1.165) is 12.8 Å². The molecule has 82 valence electrons. The number of rotatable bonds is 5. The lowest BCUT2D eigenvalue weighted by Crippen LogP contribution is -2.32. The first-order chi connectivity index (χ1) is 6.70. The van der Waals surface area contributed by atoms with Crippen molar-refractivity contribution in [1.82, 2.24) is 0 Å². The molecule has 1 atom stereocenters. The highest BCUT2D eigenvalue weighted by Gasteiger charge is 2.15. The van der Waals surface area contributed by atoms with Crippen LogP contribution in [0.3, 0.4) is 0 Å². The molecule has 0 unspecified atom stereocenters. The van der Waals surface area contributed by atoms with Crippen molar-refractivity contribution in [3.8, 4) is 0 Å². The van der Waals surface area contributed by atoms with Crippen LogP contribution in [0, 0.1) is 0 Å². The fraction of sp³-hybridized carbons (Fsp3) is 0.900. The fourth-order valence-corrected chi connectivity index (χ4v) is 1.72. The minimum atomic E-state index is -0.947. The third-order valence-corrected chi connectivity index (χ3v) is 2.65. The number of ether oxygens (including phenoxy) is 1. The fourth-order valence-electron chi connectivity index (χ4n) is 1.72. The average Bonchev–Trinajstić information content (AvgIpc) is 2.19. The molecule has 0 aliphatic heterocycles. The Labute approximate surface area is 84.4 Å². The van der Waals surface area contributed by atoms with Crippen LogP contribution in [0.15, 0.2) is 0 Å². The highest BCUT2D eigenvalue weighted by Crippen LogP contribution is 2.20. The molecule has 0 heterocycles. The minimum Gasteiger partial charge on any atom is -0.480 e. The van der Waals surface area contributed by atoms with Crippen molar-refractivity contribution < 1.29 is 14.6 Å². The summed E-state index contributed by atoms with van der Waals surface area (Å²) in [5.41, 5.74) is 5.35. The summed E-state index contributed by atoms with van der Waals surface area (Å²) in [4.78, 5) is 10.4. The van der Waals surface area contributed by atoms with E-state index in [1.54, 1.807) is 0 Å². The van der Waals surface area contributed by atoms with Crippen molar-refractivity contribution in [1.29, 1.82) is 0 Å². The standard InChI is InChI=1S/C10H19NO3/c11-9(10(12)13)6-7-14-8-4-2-1-3-5-8/h8-9H,1-7,11H2,(H,12,13)/t9-/m0/s1. The number of aliphatic carboxylic acids is 1. The lowest BCUT2D eigenvalue weighted by Gasteiger charge is -2.22. The van der Waals surface area contributed by atoms with Crippen LogP contribution in [0.2, 0.25) is 0 Å². The second kappa shape index (κ2) is 5.98. The predicted octanol–water partition coefficient (Wildman–Crippen LogP) is 1.14.